The number of para-hydroxylation sites is 1. The van der Waals surface area contributed by atoms with E-state index in [9.17, 15) is 19.7 Å². The van der Waals surface area contributed by atoms with Crippen molar-refractivity contribution in [1.82, 2.24) is 5.32 Å². The Kier molecular flexibility index (Phi) is 5.61. The molecule has 21 heavy (non-hydrogen) atoms. The zero-order valence-electron chi connectivity index (χ0n) is 11.1. The standard InChI is InChI=1S/C12H14N2O7/c1-21-10-7(3-2-4-8(10)14(19)20)11(16)13-6-5-9(15)12(17)18/h2-4,9,15H,5-6H2,1H3,(H,13,16)(H,17,18)/t9-/m0/s1. The zero-order chi connectivity index (χ0) is 16.0. The summed E-state index contributed by atoms with van der Waals surface area (Å²) in [6.45, 7) is -0.0991. The molecule has 0 spiro atoms. The fraction of sp³-hybridized carbons (Fsp3) is 0.333. The highest BCUT2D eigenvalue weighted by molar-refractivity contribution is 5.98. The molecule has 0 fully saturated rings. The second-order valence-electron chi connectivity index (χ2n) is 4.01. The number of hydrogen-bond acceptors (Lipinski definition) is 6. The first kappa shape index (κ1) is 16.4. The summed E-state index contributed by atoms with van der Waals surface area (Å²) >= 11 is 0. The van der Waals surface area contributed by atoms with Crippen LogP contribution in [-0.4, -0.2) is 46.8 Å². The minimum absolute atomic E-state index is 0.0449. The molecule has 0 aliphatic carbocycles. The van der Waals surface area contributed by atoms with Gasteiger partial charge >= 0.3 is 11.7 Å². The zero-order valence-corrected chi connectivity index (χ0v) is 11.1. The maximum Gasteiger partial charge on any atom is 0.332 e. The predicted octanol–water partition coefficient (Wildman–Crippen LogP) is 0.169. The van der Waals surface area contributed by atoms with E-state index in [-0.39, 0.29) is 30.0 Å². The van der Waals surface area contributed by atoms with E-state index in [4.69, 9.17) is 14.9 Å². The van der Waals surface area contributed by atoms with Gasteiger partial charge in [-0.25, -0.2) is 4.79 Å². The molecule has 0 heterocycles. The fourth-order valence-electron chi connectivity index (χ4n) is 1.60. The highest BCUT2D eigenvalue weighted by atomic mass is 16.6. The fourth-order valence-corrected chi connectivity index (χ4v) is 1.60. The molecule has 114 valence electrons. The van der Waals surface area contributed by atoms with Gasteiger partial charge in [-0.1, -0.05) is 6.07 Å². The van der Waals surface area contributed by atoms with Crippen LogP contribution in [0.25, 0.3) is 0 Å². The van der Waals surface area contributed by atoms with Gasteiger partial charge in [0.05, 0.1) is 17.6 Å². The lowest BCUT2D eigenvalue weighted by molar-refractivity contribution is -0.385. The van der Waals surface area contributed by atoms with Crippen molar-refractivity contribution < 1.29 is 29.5 Å². The van der Waals surface area contributed by atoms with Crippen molar-refractivity contribution in [3.05, 3.63) is 33.9 Å². The molecule has 9 heteroatoms. The molecule has 3 N–H and O–H groups in total. The minimum atomic E-state index is -1.59. The Morgan fingerprint density at radius 3 is 2.67 bits per heavy atom. The summed E-state index contributed by atoms with van der Waals surface area (Å²) in [6.07, 6.45) is -1.77. The molecule has 1 atom stereocenters. The van der Waals surface area contributed by atoms with E-state index in [1.807, 2.05) is 0 Å². The maximum atomic E-state index is 11.9. The molecule has 0 saturated carbocycles. The summed E-state index contributed by atoms with van der Waals surface area (Å²) in [5.74, 6) is -2.23. The van der Waals surface area contributed by atoms with Crippen molar-refractivity contribution >= 4 is 17.6 Å². The monoisotopic (exact) mass is 298 g/mol. The summed E-state index contributed by atoms with van der Waals surface area (Å²) in [5, 5.41) is 30.7. The molecule has 1 aromatic carbocycles. The molecule has 0 saturated heterocycles. The number of hydrogen-bond donors (Lipinski definition) is 3. The number of nitro groups is 1. The number of carboxylic acid groups (broad SMARTS) is 1. The van der Waals surface area contributed by atoms with Crippen LogP contribution >= 0.6 is 0 Å². The van der Waals surface area contributed by atoms with Gasteiger partial charge < -0.3 is 20.3 Å². The Balaban J connectivity index is 2.81. The van der Waals surface area contributed by atoms with Crippen molar-refractivity contribution in [1.29, 1.82) is 0 Å². The van der Waals surface area contributed by atoms with Crippen LogP contribution in [0.15, 0.2) is 18.2 Å². The van der Waals surface area contributed by atoms with E-state index in [2.05, 4.69) is 5.32 Å². The topological polar surface area (TPSA) is 139 Å². The van der Waals surface area contributed by atoms with Crippen molar-refractivity contribution in [3.8, 4) is 5.75 Å². The number of carboxylic acids is 1. The van der Waals surface area contributed by atoms with Crippen molar-refractivity contribution in [2.75, 3.05) is 13.7 Å². The van der Waals surface area contributed by atoms with Gasteiger partial charge in [0.15, 0.2) is 6.10 Å². The Morgan fingerprint density at radius 1 is 1.48 bits per heavy atom. The van der Waals surface area contributed by atoms with Crippen LogP contribution in [0.4, 0.5) is 5.69 Å². The number of carbonyl (C=O) groups is 2. The van der Waals surface area contributed by atoms with Gasteiger partial charge in [0, 0.05) is 19.0 Å². The van der Waals surface area contributed by atoms with E-state index in [1.165, 1.54) is 25.3 Å². The average molecular weight is 298 g/mol. The lowest BCUT2D eigenvalue weighted by Gasteiger charge is -2.10. The number of benzene rings is 1. The molecule has 9 nitrogen and oxygen atoms in total. The smallest absolute Gasteiger partial charge is 0.332 e. The Labute approximate surface area is 119 Å². The van der Waals surface area contributed by atoms with Gasteiger partial charge in [0.2, 0.25) is 5.75 Å². The number of nitro benzene ring substituents is 1. The number of carbonyl (C=O) groups excluding carboxylic acids is 1. The lowest BCUT2D eigenvalue weighted by Crippen LogP contribution is -2.30. The summed E-state index contributed by atoms with van der Waals surface area (Å²) in [5.41, 5.74) is -0.396. The minimum Gasteiger partial charge on any atom is -0.490 e. The first-order valence-corrected chi connectivity index (χ1v) is 5.89. The van der Waals surface area contributed by atoms with Crippen LogP contribution in [0.3, 0.4) is 0 Å². The highest BCUT2D eigenvalue weighted by Gasteiger charge is 2.22. The van der Waals surface area contributed by atoms with Crippen LogP contribution < -0.4 is 10.1 Å². The third-order valence-electron chi connectivity index (χ3n) is 2.63. The first-order chi connectivity index (χ1) is 9.88. The number of aliphatic hydroxyl groups is 1. The molecular weight excluding hydrogens is 284 g/mol. The third-order valence-corrected chi connectivity index (χ3v) is 2.63. The largest absolute Gasteiger partial charge is 0.490 e. The second-order valence-corrected chi connectivity index (χ2v) is 4.01. The highest BCUT2D eigenvalue weighted by Crippen LogP contribution is 2.30. The van der Waals surface area contributed by atoms with Gasteiger partial charge in [-0.2, -0.15) is 0 Å². The molecule has 0 aliphatic rings. The Hall–Kier alpha value is -2.68. The quantitative estimate of drug-likeness (QED) is 0.481. The van der Waals surface area contributed by atoms with Gasteiger partial charge in [-0.05, 0) is 6.07 Å². The third kappa shape index (κ3) is 4.14. The molecule has 1 aromatic rings. The number of nitrogens with zero attached hydrogens (tertiary/aromatic N) is 1. The number of rotatable bonds is 7. The van der Waals surface area contributed by atoms with Crippen LogP contribution in [0.5, 0.6) is 5.75 Å². The predicted molar refractivity (Wildman–Crippen MR) is 70.2 cm³/mol. The Bertz CT molecular complexity index is 559. The molecule has 0 aliphatic heterocycles. The SMILES string of the molecule is COc1c(C(=O)NCC[C@H](O)C(=O)O)cccc1[N+](=O)[O-]. The molecule has 1 rings (SSSR count). The molecule has 0 aromatic heterocycles. The van der Waals surface area contributed by atoms with E-state index < -0.39 is 22.9 Å². The summed E-state index contributed by atoms with van der Waals surface area (Å²) < 4.78 is 4.88. The normalized spacial score (nSPS) is 11.5. The molecule has 0 bridgehead atoms. The number of nitrogens with one attached hydrogen (secondary N) is 1. The van der Waals surface area contributed by atoms with Crippen molar-refractivity contribution in [2.24, 2.45) is 0 Å². The number of aliphatic hydroxyl groups excluding tert-OH is 1. The van der Waals surface area contributed by atoms with Gasteiger partial charge in [0.1, 0.15) is 0 Å². The molecule has 0 unspecified atom stereocenters. The maximum absolute atomic E-state index is 11.9. The number of methoxy groups -OCH3 is 1. The number of aliphatic carboxylic acids is 1. The van der Waals surface area contributed by atoms with Crippen LogP contribution in [0, 0.1) is 10.1 Å². The number of ether oxygens (including phenoxy) is 1. The van der Waals surface area contributed by atoms with Crippen molar-refractivity contribution in [2.45, 2.75) is 12.5 Å². The Morgan fingerprint density at radius 2 is 2.14 bits per heavy atom. The van der Waals surface area contributed by atoms with Crippen LogP contribution in [0.2, 0.25) is 0 Å². The van der Waals surface area contributed by atoms with E-state index in [0.29, 0.717) is 0 Å². The van der Waals surface area contributed by atoms with Gasteiger partial charge in [0.25, 0.3) is 5.91 Å². The average Bonchev–Trinajstić information content (AvgIpc) is 2.45. The number of amides is 1. The van der Waals surface area contributed by atoms with E-state index in [0.717, 1.165) is 0 Å². The summed E-state index contributed by atoms with van der Waals surface area (Å²) in [7, 11) is 1.20. The van der Waals surface area contributed by atoms with Gasteiger partial charge in [-0.15, -0.1) is 0 Å². The first-order valence-electron chi connectivity index (χ1n) is 5.89. The molecule has 1 amide bonds. The van der Waals surface area contributed by atoms with Crippen LogP contribution in [-0.2, 0) is 4.79 Å². The second kappa shape index (κ2) is 7.20. The lowest BCUT2D eigenvalue weighted by atomic mass is 10.1. The van der Waals surface area contributed by atoms with Crippen molar-refractivity contribution in [3.63, 3.8) is 0 Å². The van der Waals surface area contributed by atoms with Crippen LogP contribution in [0.1, 0.15) is 16.8 Å². The molecule has 0 radical (unpaired) electrons. The molecular formula is C12H14N2O7. The van der Waals surface area contributed by atoms with Gasteiger partial charge in [-0.3, -0.25) is 14.9 Å². The summed E-state index contributed by atoms with van der Waals surface area (Å²) in [6, 6.07) is 3.88. The van der Waals surface area contributed by atoms with E-state index in [1.54, 1.807) is 0 Å². The summed E-state index contributed by atoms with van der Waals surface area (Å²) in [4.78, 5) is 32.5. The van der Waals surface area contributed by atoms with E-state index >= 15 is 0 Å².